The number of carbonyl (C=O) groups is 2. The van der Waals surface area contributed by atoms with E-state index in [-0.39, 0.29) is 11.3 Å². The molecule has 8 nitrogen and oxygen atoms in total. The lowest BCUT2D eigenvalue weighted by atomic mass is 9.94. The van der Waals surface area contributed by atoms with Crippen molar-refractivity contribution < 1.29 is 29.1 Å². The number of Topliss-reactive ketones (excluding diaryl/α,β-unsaturated/α-hetero) is 1. The first-order valence-corrected chi connectivity index (χ1v) is 10.1. The topological polar surface area (TPSA) is 93.4 Å². The number of methoxy groups -OCH3 is 2. The molecule has 0 aliphatic carbocycles. The predicted octanol–water partition coefficient (Wildman–Crippen LogP) is 1.06. The number of carbonyl (C=O) groups excluding carboxylic acids is 2. The Morgan fingerprint density at radius 3 is 2.45 bits per heavy atom. The van der Waals surface area contributed by atoms with Crippen LogP contribution < -0.4 is 14.4 Å². The number of rotatable bonds is 8. The lowest BCUT2D eigenvalue weighted by molar-refractivity contribution is -0.858. The van der Waals surface area contributed by atoms with Crippen molar-refractivity contribution in [1.29, 1.82) is 0 Å². The summed E-state index contributed by atoms with van der Waals surface area (Å²) in [4.78, 5) is 32.8. The van der Waals surface area contributed by atoms with Crippen molar-refractivity contribution in [3.05, 3.63) is 59.4 Å². The fraction of sp³-hybridized carbons (Fsp3) is 0.348. The zero-order chi connectivity index (χ0) is 22.5. The summed E-state index contributed by atoms with van der Waals surface area (Å²) < 4.78 is 10.9. The monoisotopic (exact) mass is 426 g/mol. The third-order valence-corrected chi connectivity index (χ3v) is 5.30. The minimum Gasteiger partial charge on any atom is -0.507 e. The molecule has 1 amide bonds. The highest BCUT2D eigenvalue weighted by Gasteiger charge is 2.47. The highest BCUT2D eigenvalue weighted by molar-refractivity contribution is 6.46. The van der Waals surface area contributed by atoms with Gasteiger partial charge < -0.3 is 24.4 Å². The molecule has 0 radical (unpaired) electrons. The van der Waals surface area contributed by atoms with Crippen molar-refractivity contribution in [3.8, 4) is 11.5 Å². The van der Waals surface area contributed by atoms with Crippen molar-refractivity contribution in [2.45, 2.75) is 12.5 Å². The van der Waals surface area contributed by atoms with Crippen LogP contribution >= 0.6 is 0 Å². The Hall–Kier alpha value is -3.39. The van der Waals surface area contributed by atoms with Crippen LogP contribution in [0.2, 0.25) is 0 Å². The first-order valence-electron chi connectivity index (χ1n) is 10.1. The molecule has 1 fully saturated rings. The number of aliphatic hydroxyl groups excluding tert-OH is 1. The molecule has 31 heavy (non-hydrogen) atoms. The Labute approximate surface area is 181 Å². The number of quaternary nitrogens is 1. The number of amides is 1. The maximum absolute atomic E-state index is 13.1. The minimum absolute atomic E-state index is 0.0277. The van der Waals surface area contributed by atoms with Gasteiger partial charge in [0.2, 0.25) is 0 Å². The summed E-state index contributed by atoms with van der Waals surface area (Å²) in [6.45, 7) is 1.20. The highest BCUT2D eigenvalue weighted by atomic mass is 16.5. The van der Waals surface area contributed by atoms with Crippen LogP contribution in [0.3, 0.4) is 0 Å². The van der Waals surface area contributed by atoms with Crippen LogP contribution in [0.4, 0.5) is 0 Å². The number of nitrogens with one attached hydrogen (secondary N) is 1. The first-order chi connectivity index (χ1) is 14.9. The lowest BCUT2D eigenvalue weighted by Crippen LogP contribution is -3.05. The second kappa shape index (κ2) is 9.61. The van der Waals surface area contributed by atoms with E-state index >= 15 is 0 Å². The molecule has 2 aromatic rings. The van der Waals surface area contributed by atoms with Gasteiger partial charge in [0.1, 0.15) is 17.3 Å². The van der Waals surface area contributed by atoms with Crippen LogP contribution in [-0.2, 0) is 9.59 Å². The van der Waals surface area contributed by atoms with Crippen molar-refractivity contribution in [2.75, 3.05) is 41.4 Å². The van der Waals surface area contributed by atoms with Gasteiger partial charge in [-0.25, -0.2) is 0 Å². The van der Waals surface area contributed by atoms with Crippen LogP contribution in [0.1, 0.15) is 23.6 Å². The van der Waals surface area contributed by atoms with E-state index in [0.29, 0.717) is 35.6 Å². The Morgan fingerprint density at radius 1 is 1.13 bits per heavy atom. The average Bonchev–Trinajstić information content (AvgIpc) is 3.03. The van der Waals surface area contributed by atoms with Crippen molar-refractivity contribution in [1.82, 2.24) is 9.88 Å². The third-order valence-electron chi connectivity index (χ3n) is 5.30. The summed E-state index contributed by atoms with van der Waals surface area (Å²) in [7, 11) is 7.12. The Kier molecular flexibility index (Phi) is 6.91. The molecule has 3 rings (SSSR count). The number of aliphatic hydroxyl groups is 1. The summed E-state index contributed by atoms with van der Waals surface area (Å²) in [5.41, 5.74) is 1.02. The predicted molar refractivity (Wildman–Crippen MR) is 115 cm³/mol. The smallest absolute Gasteiger partial charge is 0.295 e. The van der Waals surface area contributed by atoms with E-state index < -0.39 is 17.7 Å². The molecule has 0 unspecified atom stereocenters. The Balaban J connectivity index is 2.18. The molecule has 1 atom stereocenters. The summed E-state index contributed by atoms with van der Waals surface area (Å²) in [5.74, 6) is -0.545. The van der Waals surface area contributed by atoms with Gasteiger partial charge in [0.05, 0.1) is 46.5 Å². The molecule has 1 aliphatic heterocycles. The van der Waals surface area contributed by atoms with Crippen LogP contribution in [0.25, 0.3) is 5.76 Å². The summed E-state index contributed by atoms with van der Waals surface area (Å²) in [6, 6.07) is 7.60. The van der Waals surface area contributed by atoms with E-state index in [1.54, 1.807) is 37.4 Å². The zero-order valence-corrected chi connectivity index (χ0v) is 18.2. The van der Waals surface area contributed by atoms with Crippen molar-refractivity contribution in [3.63, 3.8) is 0 Å². The van der Waals surface area contributed by atoms with Gasteiger partial charge in [-0.2, -0.15) is 0 Å². The van der Waals surface area contributed by atoms with Gasteiger partial charge in [-0.05, 0) is 30.3 Å². The quantitative estimate of drug-likeness (QED) is 0.372. The van der Waals surface area contributed by atoms with Gasteiger partial charge in [0, 0.05) is 36.5 Å². The van der Waals surface area contributed by atoms with E-state index in [0.717, 1.165) is 6.54 Å². The average molecular weight is 426 g/mol. The van der Waals surface area contributed by atoms with Gasteiger partial charge in [-0.15, -0.1) is 0 Å². The second-order valence-corrected chi connectivity index (χ2v) is 7.65. The number of ether oxygens (including phenoxy) is 2. The molecule has 164 valence electrons. The minimum atomic E-state index is -0.796. The van der Waals surface area contributed by atoms with Gasteiger partial charge >= 0.3 is 0 Å². The molecule has 1 aromatic carbocycles. The number of likely N-dealkylation sites (tertiary alicyclic amines) is 1. The normalized spacial score (nSPS) is 18.0. The Morgan fingerprint density at radius 2 is 1.84 bits per heavy atom. The number of nitrogens with zero attached hydrogens (tertiary/aromatic N) is 2. The first kappa shape index (κ1) is 22.3. The highest BCUT2D eigenvalue weighted by Crippen LogP contribution is 2.43. The van der Waals surface area contributed by atoms with E-state index in [1.165, 1.54) is 29.3 Å². The second-order valence-electron chi connectivity index (χ2n) is 7.65. The summed E-state index contributed by atoms with van der Waals surface area (Å²) in [5, 5.41) is 11.0. The molecule has 0 spiro atoms. The lowest BCUT2D eigenvalue weighted by Gasteiger charge is -2.27. The van der Waals surface area contributed by atoms with E-state index in [9.17, 15) is 14.7 Å². The zero-order valence-electron chi connectivity index (χ0n) is 18.2. The van der Waals surface area contributed by atoms with Gasteiger partial charge in [-0.1, -0.05) is 0 Å². The molecule has 1 aliphatic rings. The molecule has 2 N–H and O–H groups in total. The summed E-state index contributed by atoms with van der Waals surface area (Å²) >= 11 is 0. The maximum Gasteiger partial charge on any atom is 0.295 e. The fourth-order valence-corrected chi connectivity index (χ4v) is 3.76. The van der Waals surface area contributed by atoms with Crippen LogP contribution in [0.5, 0.6) is 11.5 Å². The molecule has 2 heterocycles. The molecule has 1 saturated heterocycles. The SMILES string of the molecule is COc1ccc(OC)c([C@@H]2C(=C(O)c3ccncc3)C(=O)C(=O)N2CCC[NH+](C)C)c1. The number of hydrogen-bond donors (Lipinski definition) is 2. The molecule has 8 heteroatoms. The van der Waals surface area contributed by atoms with Gasteiger partial charge in [0.25, 0.3) is 11.7 Å². The third kappa shape index (κ3) is 4.54. The molecule has 0 bridgehead atoms. The van der Waals surface area contributed by atoms with Crippen molar-refractivity contribution >= 4 is 17.4 Å². The molecular formula is C23H28N3O5+. The van der Waals surface area contributed by atoms with E-state index in [4.69, 9.17) is 9.47 Å². The maximum atomic E-state index is 13.1. The number of hydrogen-bond acceptors (Lipinski definition) is 6. The Bertz CT molecular complexity index is 988. The number of aromatic nitrogens is 1. The van der Waals surface area contributed by atoms with E-state index in [1.807, 2.05) is 14.1 Å². The van der Waals surface area contributed by atoms with Crippen molar-refractivity contribution in [2.24, 2.45) is 0 Å². The largest absolute Gasteiger partial charge is 0.507 e. The standard InChI is InChI=1S/C23H27N3O5/c1-25(2)12-5-13-26-20(17-14-16(30-3)6-7-18(17)31-4)19(22(28)23(26)29)21(27)15-8-10-24-11-9-15/h6-11,14,20,27H,5,12-13H2,1-4H3/p+1/t20-/m1/s1. The van der Waals surface area contributed by atoms with Crippen LogP contribution in [0, 0.1) is 0 Å². The van der Waals surface area contributed by atoms with Crippen LogP contribution in [0.15, 0.2) is 48.3 Å². The number of ketones is 1. The van der Waals surface area contributed by atoms with Gasteiger partial charge in [0.15, 0.2) is 0 Å². The number of pyridine rings is 1. The number of benzene rings is 1. The van der Waals surface area contributed by atoms with Gasteiger partial charge in [-0.3, -0.25) is 14.6 Å². The molecule has 0 saturated carbocycles. The molecular weight excluding hydrogens is 398 g/mol. The fourth-order valence-electron chi connectivity index (χ4n) is 3.76. The van der Waals surface area contributed by atoms with Crippen LogP contribution in [-0.4, -0.2) is 68.1 Å². The van der Waals surface area contributed by atoms with E-state index in [2.05, 4.69) is 4.98 Å². The molecule has 1 aromatic heterocycles. The summed E-state index contributed by atoms with van der Waals surface area (Å²) in [6.07, 6.45) is 3.74.